The maximum absolute atomic E-state index is 12.6. The van der Waals surface area contributed by atoms with Crippen LogP contribution in [-0.2, 0) is 10.0 Å². The van der Waals surface area contributed by atoms with Crippen molar-refractivity contribution in [3.05, 3.63) is 78.3 Å². The molecule has 0 unspecified atom stereocenters. The van der Waals surface area contributed by atoms with Crippen LogP contribution in [0.4, 0.5) is 5.69 Å². The first-order chi connectivity index (χ1) is 13.9. The molecule has 0 atom stereocenters. The van der Waals surface area contributed by atoms with Gasteiger partial charge in [-0.15, -0.1) is 0 Å². The van der Waals surface area contributed by atoms with Crippen LogP contribution in [0.1, 0.15) is 23.0 Å². The third-order valence-corrected chi connectivity index (χ3v) is 5.33. The van der Waals surface area contributed by atoms with Crippen LogP contribution in [0.15, 0.2) is 81.3 Å². The normalized spacial score (nSPS) is 11.7. The fraction of sp³-hybridized carbons (Fsp3) is 0.100. The minimum atomic E-state index is -3.88. The molecule has 8 nitrogen and oxygen atoms in total. The van der Waals surface area contributed by atoms with Gasteiger partial charge in [0.05, 0.1) is 18.3 Å². The number of methoxy groups -OCH3 is 1. The predicted molar refractivity (Wildman–Crippen MR) is 109 cm³/mol. The Labute approximate surface area is 168 Å². The molecule has 29 heavy (non-hydrogen) atoms. The van der Waals surface area contributed by atoms with E-state index in [0.717, 1.165) is 0 Å². The first kappa shape index (κ1) is 20.2. The van der Waals surface area contributed by atoms with E-state index in [1.54, 1.807) is 43.3 Å². The Morgan fingerprint density at radius 3 is 2.48 bits per heavy atom. The number of carbonyl (C=O) groups is 1. The quantitative estimate of drug-likeness (QED) is 0.456. The van der Waals surface area contributed by atoms with Gasteiger partial charge in [-0.3, -0.25) is 9.52 Å². The number of ether oxygens (including phenoxy) is 1. The molecule has 2 aromatic carbocycles. The van der Waals surface area contributed by atoms with Crippen molar-refractivity contribution in [3.8, 4) is 5.75 Å². The lowest BCUT2D eigenvalue weighted by Crippen LogP contribution is -2.20. The van der Waals surface area contributed by atoms with E-state index in [0.29, 0.717) is 22.9 Å². The number of benzene rings is 2. The molecule has 0 saturated heterocycles. The highest BCUT2D eigenvalue weighted by Crippen LogP contribution is 2.20. The first-order valence-electron chi connectivity index (χ1n) is 8.54. The molecule has 9 heteroatoms. The Hall–Kier alpha value is -3.59. The van der Waals surface area contributed by atoms with Crippen molar-refractivity contribution in [2.45, 2.75) is 11.8 Å². The summed E-state index contributed by atoms with van der Waals surface area (Å²) in [5, 5.41) is 3.97. The van der Waals surface area contributed by atoms with Crippen LogP contribution in [0.2, 0.25) is 0 Å². The molecule has 3 aromatic rings. The van der Waals surface area contributed by atoms with Gasteiger partial charge in [0.2, 0.25) is 0 Å². The van der Waals surface area contributed by atoms with Gasteiger partial charge in [0.1, 0.15) is 17.2 Å². The summed E-state index contributed by atoms with van der Waals surface area (Å²) in [6.45, 7) is 1.68. The number of sulfonamides is 1. The average molecular weight is 413 g/mol. The maximum Gasteiger partial charge on any atom is 0.271 e. The number of furan rings is 1. The van der Waals surface area contributed by atoms with Crippen LogP contribution in [0.25, 0.3) is 0 Å². The summed E-state index contributed by atoms with van der Waals surface area (Å²) < 4.78 is 38.0. The van der Waals surface area contributed by atoms with Gasteiger partial charge in [0, 0.05) is 11.3 Å². The highest BCUT2D eigenvalue weighted by molar-refractivity contribution is 7.92. The van der Waals surface area contributed by atoms with E-state index in [4.69, 9.17) is 9.15 Å². The van der Waals surface area contributed by atoms with Gasteiger partial charge < -0.3 is 9.15 Å². The summed E-state index contributed by atoms with van der Waals surface area (Å²) in [5.41, 5.74) is 3.39. The molecule has 0 spiro atoms. The summed E-state index contributed by atoms with van der Waals surface area (Å²) in [7, 11) is -2.35. The minimum Gasteiger partial charge on any atom is -0.497 e. The molecule has 0 aliphatic heterocycles. The van der Waals surface area contributed by atoms with Crippen LogP contribution in [0, 0.1) is 0 Å². The monoisotopic (exact) mass is 413 g/mol. The maximum atomic E-state index is 12.6. The molecule has 150 valence electrons. The molecule has 0 aliphatic rings. The van der Waals surface area contributed by atoms with Crippen LogP contribution in [0.3, 0.4) is 0 Å². The largest absolute Gasteiger partial charge is 0.497 e. The molecule has 0 saturated carbocycles. The second-order valence-corrected chi connectivity index (χ2v) is 7.66. The van der Waals surface area contributed by atoms with E-state index in [9.17, 15) is 13.2 Å². The number of hydrogen-bond acceptors (Lipinski definition) is 6. The zero-order chi connectivity index (χ0) is 20.9. The van der Waals surface area contributed by atoms with E-state index in [-0.39, 0.29) is 10.5 Å². The lowest BCUT2D eigenvalue weighted by Gasteiger charge is -2.10. The van der Waals surface area contributed by atoms with Crippen LogP contribution in [-0.4, -0.2) is 27.1 Å². The van der Waals surface area contributed by atoms with Crippen molar-refractivity contribution in [2.75, 3.05) is 11.8 Å². The minimum absolute atomic E-state index is 0.0484. The van der Waals surface area contributed by atoms with Crippen molar-refractivity contribution < 1.29 is 22.4 Å². The smallest absolute Gasteiger partial charge is 0.271 e. The SMILES string of the molecule is COc1ccc(NS(=O)(=O)c2cccc(C(=O)N/N=C(/C)c3ccco3)c2)cc1. The lowest BCUT2D eigenvalue weighted by molar-refractivity contribution is 0.0954. The van der Waals surface area contributed by atoms with Crippen molar-refractivity contribution >= 4 is 27.3 Å². The zero-order valence-corrected chi connectivity index (χ0v) is 16.6. The lowest BCUT2D eigenvalue weighted by atomic mass is 10.2. The van der Waals surface area contributed by atoms with Gasteiger partial charge in [0.25, 0.3) is 15.9 Å². The van der Waals surface area contributed by atoms with E-state index < -0.39 is 15.9 Å². The van der Waals surface area contributed by atoms with E-state index in [1.807, 2.05) is 0 Å². The summed E-state index contributed by atoms with van der Waals surface area (Å²) in [5.74, 6) is 0.583. The highest BCUT2D eigenvalue weighted by atomic mass is 32.2. The van der Waals surface area contributed by atoms with Crippen molar-refractivity contribution in [3.63, 3.8) is 0 Å². The molecule has 0 radical (unpaired) electrons. The van der Waals surface area contributed by atoms with E-state index in [2.05, 4.69) is 15.2 Å². The third-order valence-electron chi connectivity index (χ3n) is 3.95. The van der Waals surface area contributed by atoms with E-state index >= 15 is 0 Å². The zero-order valence-electron chi connectivity index (χ0n) is 15.7. The molecular weight excluding hydrogens is 394 g/mol. The Morgan fingerprint density at radius 1 is 1.07 bits per heavy atom. The van der Waals surface area contributed by atoms with Gasteiger partial charge >= 0.3 is 0 Å². The van der Waals surface area contributed by atoms with Gasteiger partial charge in [-0.2, -0.15) is 5.10 Å². The molecule has 1 heterocycles. The fourth-order valence-electron chi connectivity index (χ4n) is 2.42. The number of carbonyl (C=O) groups excluding carboxylic acids is 1. The molecule has 2 N–H and O–H groups in total. The Kier molecular flexibility index (Phi) is 5.99. The molecule has 0 aliphatic carbocycles. The topological polar surface area (TPSA) is 110 Å². The van der Waals surface area contributed by atoms with Gasteiger partial charge in [-0.1, -0.05) is 6.07 Å². The molecule has 0 fully saturated rings. The Balaban J connectivity index is 1.75. The van der Waals surface area contributed by atoms with Gasteiger partial charge in [-0.05, 0) is 61.5 Å². The number of amides is 1. The van der Waals surface area contributed by atoms with Crippen molar-refractivity contribution in [1.29, 1.82) is 0 Å². The summed E-state index contributed by atoms with van der Waals surface area (Å²) in [6, 6.07) is 15.5. The number of hydrazone groups is 1. The number of anilines is 1. The van der Waals surface area contributed by atoms with Crippen molar-refractivity contribution in [1.82, 2.24) is 5.43 Å². The van der Waals surface area contributed by atoms with Gasteiger partial charge in [-0.25, -0.2) is 13.8 Å². The summed E-state index contributed by atoms with van der Waals surface area (Å²) in [6.07, 6.45) is 1.50. The Morgan fingerprint density at radius 2 is 1.83 bits per heavy atom. The number of nitrogens with zero attached hydrogens (tertiary/aromatic N) is 1. The predicted octanol–water partition coefficient (Wildman–Crippen LogP) is 3.24. The second kappa shape index (κ2) is 8.61. The molecular formula is C20H19N3O5S. The molecule has 0 bridgehead atoms. The fourth-order valence-corrected chi connectivity index (χ4v) is 3.52. The van der Waals surface area contributed by atoms with Crippen LogP contribution in [0.5, 0.6) is 5.75 Å². The number of rotatable bonds is 7. The third kappa shape index (κ3) is 5.02. The summed E-state index contributed by atoms with van der Waals surface area (Å²) >= 11 is 0. The molecule has 1 aromatic heterocycles. The van der Waals surface area contributed by atoms with Gasteiger partial charge in [0.15, 0.2) is 0 Å². The van der Waals surface area contributed by atoms with Crippen molar-refractivity contribution in [2.24, 2.45) is 5.10 Å². The average Bonchev–Trinajstić information content (AvgIpc) is 3.27. The highest BCUT2D eigenvalue weighted by Gasteiger charge is 2.17. The number of hydrogen-bond donors (Lipinski definition) is 2. The van der Waals surface area contributed by atoms with Crippen LogP contribution < -0.4 is 14.9 Å². The van der Waals surface area contributed by atoms with E-state index in [1.165, 1.54) is 37.6 Å². The second-order valence-electron chi connectivity index (χ2n) is 5.98. The number of nitrogens with one attached hydrogen (secondary N) is 2. The standard InChI is InChI=1S/C20H19N3O5S/c1-14(19-7-4-12-28-19)21-22-20(24)15-5-3-6-18(13-15)29(25,26)23-16-8-10-17(27-2)11-9-16/h3-13,23H,1-2H3,(H,22,24)/b21-14-. The van der Waals surface area contributed by atoms with Crippen LogP contribution >= 0.6 is 0 Å². The molecule has 3 rings (SSSR count). The first-order valence-corrected chi connectivity index (χ1v) is 10.0. The Bertz CT molecular complexity index is 1120. The summed E-state index contributed by atoms with van der Waals surface area (Å²) in [4.78, 5) is 12.3. The molecule has 1 amide bonds.